The Morgan fingerprint density at radius 3 is 2.60 bits per heavy atom. The van der Waals surface area contributed by atoms with Crippen molar-refractivity contribution in [3.05, 3.63) is 65.5 Å². The number of carbonyl (C=O) groups excluding carboxylic acids is 1. The zero-order chi connectivity index (χ0) is 17.6. The van der Waals surface area contributed by atoms with E-state index in [1.807, 2.05) is 6.92 Å². The highest BCUT2D eigenvalue weighted by molar-refractivity contribution is 6.99. The van der Waals surface area contributed by atoms with E-state index in [0.29, 0.717) is 23.6 Å². The lowest BCUT2D eigenvalue weighted by atomic mass is 10.2. The van der Waals surface area contributed by atoms with Crippen molar-refractivity contribution in [2.24, 2.45) is 0 Å². The van der Waals surface area contributed by atoms with Gasteiger partial charge in [0.25, 0.3) is 5.91 Å². The highest BCUT2D eigenvalue weighted by atomic mass is 32.1. The molecule has 0 unspecified atom stereocenters. The largest absolute Gasteiger partial charge is 0.497 e. The summed E-state index contributed by atoms with van der Waals surface area (Å²) in [5.41, 5.74) is 2.87. The topological polar surface area (TPSA) is 73.3 Å². The molecule has 0 saturated carbocycles. The van der Waals surface area contributed by atoms with Crippen LogP contribution in [0.2, 0.25) is 0 Å². The first kappa shape index (κ1) is 16.9. The van der Waals surface area contributed by atoms with Crippen LogP contribution in [0.1, 0.15) is 21.7 Å². The molecule has 25 heavy (non-hydrogen) atoms. The van der Waals surface area contributed by atoms with E-state index in [1.165, 1.54) is 0 Å². The van der Waals surface area contributed by atoms with Crippen molar-refractivity contribution in [2.75, 3.05) is 12.4 Å². The van der Waals surface area contributed by atoms with E-state index in [-0.39, 0.29) is 5.91 Å². The number of amides is 1. The molecule has 6 nitrogen and oxygen atoms in total. The predicted molar refractivity (Wildman–Crippen MR) is 96.4 cm³/mol. The summed E-state index contributed by atoms with van der Waals surface area (Å²) >= 11 is 1.16. The van der Waals surface area contributed by atoms with Gasteiger partial charge in [0.2, 0.25) is 0 Å². The molecule has 1 N–H and O–H groups in total. The quantitative estimate of drug-likeness (QED) is 0.730. The molecule has 0 bridgehead atoms. The minimum atomic E-state index is -0.206. The van der Waals surface area contributed by atoms with Crippen LogP contribution in [0.15, 0.2) is 48.5 Å². The second-order valence-corrected chi connectivity index (χ2v) is 5.82. The van der Waals surface area contributed by atoms with Crippen molar-refractivity contribution in [2.45, 2.75) is 13.5 Å². The Morgan fingerprint density at radius 2 is 1.92 bits per heavy atom. The number of nitrogens with one attached hydrogen (secondary N) is 1. The summed E-state index contributed by atoms with van der Waals surface area (Å²) in [7, 11) is 1.60. The second-order valence-electron chi connectivity index (χ2n) is 5.30. The Balaban J connectivity index is 1.65. The molecule has 0 aliphatic carbocycles. The van der Waals surface area contributed by atoms with Gasteiger partial charge in [-0.15, -0.1) is 0 Å². The van der Waals surface area contributed by atoms with Crippen LogP contribution < -0.4 is 14.8 Å². The van der Waals surface area contributed by atoms with Crippen molar-refractivity contribution in [1.82, 2.24) is 8.75 Å². The summed E-state index contributed by atoms with van der Waals surface area (Å²) < 4.78 is 19.1. The van der Waals surface area contributed by atoms with Gasteiger partial charge in [-0.05, 0) is 49.4 Å². The van der Waals surface area contributed by atoms with Gasteiger partial charge in [-0.3, -0.25) is 4.79 Å². The van der Waals surface area contributed by atoms with E-state index in [9.17, 15) is 4.79 Å². The highest BCUT2D eigenvalue weighted by Gasteiger charge is 2.09. The summed E-state index contributed by atoms with van der Waals surface area (Å²) in [5.74, 6) is 1.14. The summed E-state index contributed by atoms with van der Waals surface area (Å²) in [6.07, 6.45) is 0. The minimum absolute atomic E-state index is 0.206. The SMILES string of the molecule is COc1ccc(NC(=O)c2cccc(OCc3nsnc3C)c2)cc1. The molecule has 0 fully saturated rings. The summed E-state index contributed by atoms with van der Waals surface area (Å²) in [4.78, 5) is 12.4. The van der Waals surface area contributed by atoms with Crippen LogP contribution in [-0.2, 0) is 6.61 Å². The van der Waals surface area contributed by atoms with Gasteiger partial charge in [0, 0.05) is 11.3 Å². The Kier molecular flexibility index (Phi) is 5.25. The van der Waals surface area contributed by atoms with Crippen LogP contribution in [0.3, 0.4) is 0 Å². The van der Waals surface area contributed by atoms with E-state index in [0.717, 1.165) is 28.9 Å². The van der Waals surface area contributed by atoms with Gasteiger partial charge in [0.1, 0.15) is 23.8 Å². The molecular weight excluding hydrogens is 338 g/mol. The molecule has 128 valence electrons. The monoisotopic (exact) mass is 355 g/mol. The number of nitrogens with zero attached hydrogens (tertiary/aromatic N) is 2. The number of anilines is 1. The lowest BCUT2D eigenvalue weighted by Gasteiger charge is -2.09. The number of methoxy groups -OCH3 is 1. The zero-order valence-corrected chi connectivity index (χ0v) is 14.7. The van der Waals surface area contributed by atoms with Crippen molar-refractivity contribution >= 4 is 23.3 Å². The molecule has 0 aliphatic rings. The third-order valence-electron chi connectivity index (χ3n) is 3.57. The van der Waals surface area contributed by atoms with Crippen LogP contribution in [0.4, 0.5) is 5.69 Å². The fraction of sp³-hybridized carbons (Fsp3) is 0.167. The molecule has 3 rings (SSSR count). The molecule has 0 saturated heterocycles. The standard InChI is InChI=1S/C18H17N3O3S/c1-12-17(21-25-20-12)11-24-16-5-3-4-13(10-16)18(22)19-14-6-8-15(23-2)9-7-14/h3-10H,11H2,1-2H3,(H,19,22). The fourth-order valence-electron chi connectivity index (χ4n) is 2.14. The molecule has 1 amide bonds. The van der Waals surface area contributed by atoms with Crippen molar-refractivity contribution in [1.29, 1.82) is 0 Å². The molecule has 1 heterocycles. The van der Waals surface area contributed by atoms with Crippen molar-refractivity contribution in [3.8, 4) is 11.5 Å². The molecule has 0 radical (unpaired) electrons. The van der Waals surface area contributed by atoms with Gasteiger partial charge in [0.15, 0.2) is 0 Å². The van der Waals surface area contributed by atoms with Gasteiger partial charge in [0.05, 0.1) is 24.5 Å². The first-order valence-corrected chi connectivity index (χ1v) is 8.35. The number of ether oxygens (including phenoxy) is 2. The average Bonchev–Trinajstić information content (AvgIpc) is 3.06. The van der Waals surface area contributed by atoms with Crippen LogP contribution >= 0.6 is 11.7 Å². The maximum Gasteiger partial charge on any atom is 0.255 e. The number of carbonyl (C=O) groups is 1. The Hall–Kier alpha value is -2.93. The maximum atomic E-state index is 12.4. The molecular formula is C18H17N3O3S. The van der Waals surface area contributed by atoms with Gasteiger partial charge < -0.3 is 14.8 Å². The first-order valence-electron chi connectivity index (χ1n) is 7.62. The van der Waals surface area contributed by atoms with Crippen molar-refractivity contribution < 1.29 is 14.3 Å². The average molecular weight is 355 g/mol. The van der Waals surface area contributed by atoms with E-state index in [2.05, 4.69) is 14.1 Å². The van der Waals surface area contributed by atoms with E-state index in [1.54, 1.807) is 55.6 Å². The van der Waals surface area contributed by atoms with Crippen LogP contribution in [0, 0.1) is 6.92 Å². The Labute approximate surface area is 149 Å². The number of hydrogen-bond donors (Lipinski definition) is 1. The number of aryl methyl sites for hydroxylation is 1. The van der Waals surface area contributed by atoms with Gasteiger partial charge in [-0.25, -0.2) is 0 Å². The Morgan fingerprint density at radius 1 is 1.12 bits per heavy atom. The third-order valence-corrected chi connectivity index (χ3v) is 4.22. The fourth-order valence-corrected chi connectivity index (χ4v) is 2.69. The van der Waals surface area contributed by atoms with Gasteiger partial charge >= 0.3 is 0 Å². The third kappa shape index (κ3) is 4.33. The molecule has 1 aromatic heterocycles. The normalized spacial score (nSPS) is 10.3. The highest BCUT2D eigenvalue weighted by Crippen LogP contribution is 2.19. The molecule has 3 aromatic rings. The van der Waals surface area contributed by atoms with E-state index >= 15 is 0 Å². The predicted octanol–water partition coefficient (Wildman–Crippen LogP) is 3.69. The van der Waals surface area contributed by atoms with E-state index in [4.69, 9.17) is 9.47 Å². The summed E-state index contributed by atoms with van der Waals surface area (Å²) in [6.45, 7) is 2.22. The van der Waals surface area contributed by atoms with Gasteiger partial charge in [-0.2, -0.15) is 8.75 Å². The molecule has 0 atom stereocenters. The summed E-state index contributed by atoms with van der Waals surface area (Å²) in [6, 6.07) is 14.2. The Bertz CT molecular complexity index is 862. The minimum Gasteiger partial charge on any atom is -0.497 e. The van der Waals surface area contributed by atoms with E-state index < -0.39 is 0 Å². The van der Waals surface area contributed by atoms with Crippen molar-refractivity contribution in [3.63, 3.8) is 0 Å². The number of aromatic nitrogens is 2. The second kappa shape index (κ2) is 7.76. The smallest absolute Gasteiger partial charge is 0.255 e. The molecule has 7 heteroatoms. The van der Waals surface area contributed by atoms with Crippen LogP contribution in [-0.4, -0.2) is 21.8 Å². The lowest BCUT2D eigenvalue weighted by Crippen LogP contribution is -2.12. The molecule has 2 aromatic carbocycles. The van der Waals surface area contributed by atoms with Gasteiger partial charge in [-0.1, -0.05) is 6.07 Å². The zero-order valence-electron chi connectivity index (χ0n) is 13.9. The number of benzene rings is 2. The molecule has 0 aliphatic heterocycles. The summed E-state index contributed by atoms with van der Waals surface area (Å²) in [5, 5.41) is 2.84. The number of hydrogen-bond acceptors (Lipinski definition) is 6. The van der Waals surface area contributed by atoms with Crippen LogP contribution in [0.5, 0.6) is 11.5 Å². The van der Waals surface area contributed by atoms with Crippen LogP contribution in [0.25, 0.3) is 0 Å². The first-order chi connectivity index (χ1) is 12.2. The lowest BCUT2D eigenvalue weighted by molar-refractivity contribution is 0.102. The maximum absolute atomic E-state index is 12.4. The molecule has 0 spiro atoms. The number of rotatable bonds is 6.